The number of carboxylic acids is 1. The van der Waals surface area contributed by atoms with Gasteiger partial charge < -0.3 is 10.0 Å². The molecule has 1 N–H and O–H groups in total. The van der Waals surface area contributed by atoms with Gasteiger partial charge in [-0.25, -0.2) is 4.98 Å². The Kier molecular flexibility index (Phi) is 4.13. The van der Waals surface area contributed by atoms with Crippen LogP contribution >= 0.6 is 11.3 Å². The van der Waals surface area contributed by atoms with Gasteiger partial charge in [0, 0.05) is 18.5 Å². The first kappa shape index (κ1) is 14.3. The third-order valence-corrected chi connectivity index (χ3v) is 4.82. The van der Waals surface area contributed by atoms with Crippen LogP contribution in [0.5, 0.6) is 0 Å². The summed E-state index contributed by atoms with van der Waals surface area (Å²) in [5.41, 5.74) is -0.240. The van der Waals surface area contributed by atoms with Crippen LogP contribution in [0, 0.1) is 5.92 Å². The van der Waals surface area contributed by atoms with Crippen LogP contribution in [0.15, 0.2) is 5.38 Å². The van der Waals surface area contributed by atoms with Crippen LogP contribution in [0.1, 0.15) is 45.7 Å². The number of nitrogens with zero attached hydrogens (tertiary/aromatic N) is 2. The number of carboxylic acid groups (broad SMARTS) is 1. The van der Waals surface area contributed by atoms with Crippen molar-refractivity contribution in [3.63, 3.8) is 0 Å². The quantitative estimate of drug-likeness (QED) is 0.901. The van der Waals surface area contributed by atoms with Crippen molar-refractivity contribution in [1.82, 2.24) is 4.98 Å². The molecular weight excluding hydrogens is 260 g/mol. The Morgan fingerprint density at radius 2 is 2.37 bits per heavy atom. The molecule has 5 heteroatoms. The van der Waals surface area contributed by atoms with Crippen molar-refractivity contribution in [2.45, 2.75) is 45.4 Å². The highest BCUT2D eigenvalue weighted by Gasteiger charge is 2.33. The summed E-state index contributed by atoms with van der Waals surface area (Å²) in [7, 11) is 0. The second-order valence-electron chi connectivity index (χ2n) is 5.83. The van der Waals surface area contributed by atoms with Gasteiger partial charge in [0.25, 0.3) is 0 Å². The standard InChI is InChI=1S/C14H22N2O2S/c1-4-5-10-6-7-16(8-10)13-15-11(9-19-13)14(2,3)12(17)18/h9-10H,4-8H2,1-3H3,(H,17,18). The predicted octanol–water partition coefficient (Wildman–Crippen LogP) is 3.13. The van der Waals surface area contributed by atoms with Gasteiger partial charge in [-0.05, 0) is 32.6 Å². The van der Waals surface area contributed by atoms with Gasteiger partial charge in [0.2, 0.25) is 0 Å². The summed E-state index contributed by atoms with van der Waals surface area (Å²) in [6, 6.07) is 0. The van der Waals surface area contributed by atoms with Gasteiger partial charge in [-0.15, -0.1) is 11.3 Å². The van der Waals surface area contributed by atoms with Crippen molar-refractivity contribution >= 4 is 22.4 Å². The molecule has 1 aliphatic rings. The number of hydrogen-bond acceptors (Lipinski definition) is 4. The van der Waals surface area contributed by atoms with Crippen molar-refractivity contribution in [3.8, 4) is 0 Å². The first-order chi connectivity index (χ1) is 8.95. The molecule has 1 fully saturated rings. The van der Waals surface area contributed by atoms with Crippen molar-refractivity contribution in [2.24, 2.45) is 5.92 Å². The summed E-state index contributed by atoms with van der Waals surface area (Å²) in [6.45, 7) is 7.75. The first-order valence-corrected chi connectivity index (χ1v) is 7.77. The molecule has 1 saturated heterocycles. The molecule has 0 aliphatic carbocycles. The Labute approximate surface area is 118 Å². The number of carbonyl (C=O) groups is 1. The summed E-state index contributed by atoms with van der Waals surface area (Å²) in [4.78, 5) is 18.1. The van der Waals surface area contributed by atoms with E-state index in [0.717, 1.165) is 24.1 Å². The van der Waals surface area contributed by atoms with Crippen LogP contribution in [0.2, 0.25) is 0 Å². The lowest BCUT2D eigenvalue weighted by molar-refractivity contribution is -0.142. The first-order valence-electron chi connectivity index (χ1n) is 6.89. The fourth-order valence-electron chi connectivity index (χ4n) is 2.46. The van der Waals surface area contributed by atoms with Crippen LogP contribution in [0.4, 0.5) is 5.13 Å². The Morgan fingerprint density at radius 1 is 1.63 bits per heavy atom. The molecule has 0 saturated carbocycles. The van der Waals surface area contributed by atoms with E-state index in [1.807, 2.05) is 5.38 Å². The van der Waals surface area contributed by atoms with Crippen LogP contribution in [0.25, 0.3) is 0 Å². The Hall–Kier alpha value is -1.10. The van der Waals surface area contributed by atoms with Gasteiger partial charge >= 0.3 is 5.97 Å². The highest BCUT2D eigenvalue weighted by atomic mass is 32.1. The normalized spacial score (nSPS) is 19.9. The second-order valence-corrected chi connectivity index (χ2v) is 6.67. The molecule has 1 atom stereocenters. The molecule has 0 aromatic carbocycles. The molecule has 1 aliphatic heterocycles. The molecule has 1 unspecified atom stereocenters. The molecule has 0 spiro atoms. The van der Waals surface area contributed by atoms with E-state index in [2.05, 4.69) is 16.8 Å². The summed E-state index contributed by atoms with van der Waals surface area (Å²) < 4.78 is 0. The Balaban J connectivity index is 2.08. The third kappa shape index (κ3) is 2.91. The van der Waals surface area contributed by atoms with Crippen LogP contribution in [-0.4, -0.2) is 29.1 Å². The molecule has 0 radical (unpaired) electrons. The van der Waals surface area contributed by atoms with Gasteiger partial charge in [0.1, 0.15) is 5.41 Å². The minimum Gasteiger partial charge on any atom is -0.481 e. The largest absolute Gasteiger partial charge is 0.481 e. The summed E-state index contributed by atoms with van der Waals surface area (Å²) in [6.07, 6.45) is 3.73. The lowest BCUT2D eigenvalue weighted by Gasteiger charge is -2.17. The molecule has 19 heavy (non-hydrogen) atoms. The lowest BCUT2D eigenvalue weighted by Crippen LogP contribution is -2.29. The fraction of sp³-hybridized carbons (Fsp3) is 0.714. The second kappa shape index (κ2) is 5.49. The minimum absolute atomic E-state index is 0.666. The zero-order valence-corrected chi connectivity index (χ0v) is 12.7. The van der Waals surface area contributed by atoms with E-state index < -0.39 is 11.4 Å². The number of aromatic nitrogens is 1. The summed E-state index contributed by atoms with van der Waals surface area (Å²) >= 11 is 1.56. The van der Waals surface area contributed by atoms with E-state index in [4.69, 9.17) is 0 Å². The predicted molar refractivity (Wildman–Crippen MR) is 78.0 cm³/mol. The average Bonchev–Trinajstić information content (AvgIpc) is 2.96. The van der Waals surface area contributed by atoms with Gasteiger partial charge in [-0.3, -0.25) is 4.79 Å². The van der Waals surface area contributed by atoms with Gasteiger partial charge in [-0.2, -0.15) is 0 Å². The van der Waals surface area contributed by atoms with Crippen molar-refractivity contribution in [3.05, 3.63) is 11.1 Å². The number of anilines is 1. The Bertz CT molecular complexity index is 456. The number of rotatable bonds is 5. The maximum Gasteiger partial charge on any atom is 0.315 e. The number of hydrogen-bond donors (Lipinski definition) is 1. The van der Waals surface area contributed by atoms with Gasteiger partial charge in [0.15, 0.2) is 5.13 Å². The van der Waals surface area contributed by atoms with Crippen molar-refractivity contribution in [1.29, 1.82) is 0 Å². The molecular formula is C14H22N2O2S. The van der Waals surface area contributed by atoms with Gasteiger partial charge in [-0.1, -0.05) is 13.3 Å². The summed E-state index contributed by atoms with van der Waals surface area (Å²) in [5.74, 6) is -0.0561. The zero-order valence-electron chi connectivity index (χ0n) is 11.8. The highest BCUT2D eigenvalue weighted by molar-refractivity contribution is 7.13. The SMILES string of the molecule is CCCC1CCN(c2nc(C(C)(C)C(=O)O)cs2)C1. The molecule has 2 rings (SSSR count). The van der Waals surface area contributed by atoms with Gasteiger partial charge in [0.05, 0.1) is 5.69 Å². The molecule has 0 amide bonds. The molecule has 1 aromatic rings. The van der Waals surface area contributed by atoms with E-state index >= 15 is 0 Å². The van der Waals surface area contributed by atoms with Crippen LogP contribution < -0.4 is 4.90 Å². The number of aliphatic carboxylic acids is 1. The average molecular weight is 282 g/mol. The Morgan fingerprint density at radius 3 is 3.00 bits per heavy atom. The van der Waals surface area contributed by atoms with Crippen molar-refractivity contribution < 1.29 is 9.90 Å². The van der Waals surface area contributed by atoms with Crippen molar-refractivity contribution in [2.75, 3.05) is 18.0 Å². The van der Waals surface area contributed by atoms with E-state index in [1.165, 1.54) is 19.3 Å². The molecule has 0 bridgehead atoms. The lowest BCUT2D eigenvalue weighted by atomic mass is 9.90. The van der Waals surface area contributed by atoms with E-state index in [-0.39, 0.29) is 0 Å². The third-order valence-electron chi connectivity index (χ3n) is 3.92. The fourth-order valence-corrected chi connectivity index (χ4v) is 3.49. The van der Waals surface area contributed by atoms with Crippen LogP contribution in [0.3, 0.4) is 0 Å². The van der Waals surface area contributed by atoms with E-state index in [1.54, 1.807) is 25.2 Å². The number of thiazole rings is 1. The van der Waals surface area contributed by atoms with E-state index in [0.29, 0.717) is 5.69 Å². The maximum absolute atomic E-state index is 11.2. The molecule has 1 aromatic heterocycles. The topological polar surface area (TPSA) is 53.4 Å². The molecule has 2 heterocycles. The maximum atomic E-state index is 11.2. The highest BCUT2D eigenvalue weighted by Crippen LogP contribution is 2.32. The van der Waals surface area contributed by atoms with Crippen LogP contribution in [-0.2, 0) is 10.2 Å². The smallest absolute Gasteiger partial charge is 0.315 e. The minimum atomic E-state index is -0.905. The molecule has 4 nitrogen and oxygen atoms in total. The summed E-state index contributed by atoms with van der Waals surface area (Å²) in [5, 5.41) is 12.1. The van der Waals surface area contributed by atoms with E-state index in [9.17, 15) is 9.90 Å². The monoisotopic (exact) mass is 282 g/mol. The molecule has 106 valence electrons. The zero-order chi connectivity index (χ0) is 14.0.